The Bertz CT molecular complexity index is 3680. The summed E-state index contributed by atoms with van der Waals surface area (Å²) in [6.07, 6.45) is 7.54. The average Bonchev–Trinajstić information content (AvgIpc) is 3.77. The molecule has 0 saturated heterocycles. The second kappa shape index (κ2) is 16.2. The second-order valence-electron chi connectivity index (χ2n) is 18.2. The number of aromatic nitrogens is 3. The molecule has 0 aliphatic carbocycles. The van der Waals surface area contributed by atoms with Crippen LogP contribution in [0.2, 0.25) is 0 Å². The molecule has 0 radical (unpaired) electrons. The summed E-state index contributed by atoms with van der Waals surface area (Å²) in [7, 11) is 0. The van der Waals surface area contributed by atoms with Gasteiger partial charge in [-0.3, -0.25) is 9.97 Å². The Kier molecular flexibility index (Phi) is 9.24. The monoisotopic (exact) mass is 891 g/mol. The van der Waals surface area contributed by atoms with Crippen molar-refractivity contribution in [3.8, 4) is 50.2 Å². The molecule has 14 rings (SSSR count). The minimum Gasteiger partial charge on any atom is -0.311 e. The number of nitrogens with zero attached hydrogens (tertiary/aromatic N) is 5. The standard InChI is InChI=1S/C64H42BN5/c1-5-13-43(14-6-1)49-21-25-54-55-26-22-50(44-15-7-2-8-16-44)40-61(55)70(60(54)39-49)53-41-62-64-63(42-53)69(52-19-11-4-12-20-52)59-28-24-48(46-31-35-67-36-32-46)38-57(59)65(64)56-37-47(45-29-33-66-34-30-45)23-27-58(56)68(62)51-17-9-3-10-18-51/h1-42H. The third-order valence-corrected chi connectivity index (χ3v) is 14.3. The quantitative estimate of drug-likeness (QED) is 0.149. The number of pyridine rings is 2. The van der Waals surface area contributed by atoms with E-state index in [1.807, 2.05) is 24.8 Å². The summed E-state index contributed by atoms with van der Waals surface area (Å²) >= 11 is 0. The van der Waals surface area contributed by atoms with Gasteiger partial charge in [0.15, 0.2) is 0 Å². The molecular weight excluding hydrogens is 850 g/mol. The molecule has 0 bridgehead atoms. The first-order valence-corrected chi connectivity index (χ1v) is 23.9. The molecule has 12 aromatic rings. The van der Waals surface area contributed by atoms with Crippen molar-refractivity contribution in [3.05, 3.63) is 255 Å². The highest BCUT2D eigenvalue weighted by Gasteiger charge is 2.44. The van der Waals surface area contributed by atoms with Crippen molar-refractivity contribution in [2.75, 3.05) is 9.80 Å². The fourth-order valence-electron chi connectivity index (χ4n) is 11.2. The van der Waals surface area contributed by atoms with Gasteiger partial charge in [-0.2, -0.15) is 0 Å². The van der Waals surface area contributed by atoms with Gasteiger partial charge in [0.25, 0.3) is 6.71 Å². The SMILES string of the molecule is c1ccc(-c2ccc3c4ccc(-c5ccccc5)cc4n(-c4cc5c6c(c4)N(c4ccccc4)c4ccc(-c7ccncc7)cc4B6c4cc(-c6ccncc6)ccc4N5c4ccccc4)c3c2)cc1. The smallest absolute Gasteiger partial charge is 0.252 e. The lowest BCUT2D eigenvalue weighted by atomic mass is 9.33. The molecule has 3 aromatic heterocycles. The number of fused-ring (bicyclic) bond motifs is 7. The molecule has 0 spiro atoms. The molecule has 6 heteroatoms. The van der Waals surface area contributed by atoms with Crippen molar-refractivity contribution in [2.24, 2.45) is 0 Å². The zero-order valence-electron chi connectivity index (χ0n) is 38.1. The van der Waals surface area contributed by atoms with E-state index in [4.69, 9.17) is 0 Å². The van der Waals surface area contributed by atoms with Crippen molar-refractivity contribution in [2.45, 2.75) is 0 Å². The first-order chi connectivity index (χ1) is 34.7. The first-order valence-electron chi connectivity index (χ1n) is 23.9. The van der Waals surface area contributed by atoms with Gasteiger partial charge in [0.05, 0.1) is 16.7 Å². The van der Waals surface area contributed by atoms with Gasteiger partial charge in [-0.1, -0.05) is 146 Å². The van der Waals surface area contributed by atoms with Crippen LogP contribution < -0.4 is 26.2 Å². The Labute approximate surface area is 406 Å². The van der Waals surface area contributed by atoms with E-state index in [0.29, 0.717) is 0 Å². The molecule has 0 amide bonds. The van der Waals surface area contributed by atoms with Crippen LogP contribution in [0.15, 0.2) is 255 Å². The van der Waals surface area contributed by atoms with Gasteiger partial charge in [-0.15, -0.1) is 0 Å². The summed E-state index contributed by atoms with van der Waals surface area (Å²) < 4.78 is 2.52. The summed E-state index contributed by atoms with van der Waals surface area (Å²) in [5, 5.41) is 2.42. The molecule has 0 saturated carbocycles. The predicted molar refractivity (Wildman–Crippen MR) is 292 cm³/mol. The minimum atomic E-state index is -0.111. The van der Waals surface area contributed by atoms with Gasteiger partial charge in [-0.25, -0.2) is 0 Å². The Balaban J connectivity index is 1.12. The van der Waals surface area contributed by atoms with Crippen LogP contribution in [0.4, 0.5) is 34.1 Å². The van der Waals surface area contributed by atoms with Gasteiger partial charge >= 0.3 is 0 Å². The number of benzene rings is 9. The van der Waals surface area contributed by atoms with Gasteiger partial charge in [0.2, 0.25) is 0 Å². The lowest BCUT2D eigenvalue weighted by Gasteiger charge is -2.44. The summed E-state index contributed by atoms with van der Waals surface area (Å²) in [5.74, 6) is 0. The molecule has 5 nitrogen and oxygen atoms in total. The third kappa shape index (κ3) is 6.41. The van der Waals surface area contributed by atoms with Gasteiger partial charge < -0.3 is 14.4 Å². The van der Waals surface area contributed by atoms with Crippen LogP contribution in [-0.2, 0) is 0 Å². The van der Waals surface area contributed by atoms with Gasteiger partial charge in [-0.05, 0) is 146 Å². The number of anilines is 6. The summed E-state index contributed by atoms with van der Waals surface area (Å²) in [5.41, 5.74) is 23.2. The van der Waals surface area contributed by atoms with Gasteiger partial charge in [0.1, 0.15) is 0 Å². The minimum absolute atomic E-state index is 0.111. The topological polar surface area (TPSA) is 37.2 Å². The maximum Gasteiger partial charge on any atom is 0.252 e. The maximum absolute atomic E-state index is 4.38. The van der Waals surface area contributed by atoms with Crippen LogP contribution >= 0.6 is 0 Å². The van der Waals surface area contributed by atoms with Crippen LogP contribution in [0, 0.1) is 0 Å². The van der Waals surface area contributed by atoms with Gasteiger partial charge in [0, 0.05) is 69.7 Å². The summed E-state index contributed by atoms with van der Waals surface area (Å²) in [6.45, 7) is -0.111. The van der Waals surface area contributed by atoms with Crippen molar-refractivity contribution >= 4 is 79.0 Å². The van der Waals surface area contributed by atoms with E-state index in [1.54, 1.807) is 0 Å². The molecule has 9 aromatic carbocycles. The number of hydrogen-bond acceptors (Lipinski definition) is 4. The molecule has 2 aliphatic heterocycles. The van der Waals surface area contributed by atoms with Crippen LogP contribution in [-0.4, -0.2) is 21.2 Å². The van der Waals surface area contributed by atoms with E-state index >= 15 is 0 Å². The average molecular weight is 892 g/mol. The predicted octanol–water partition coefficient (Wildman–Crippen LogP) is 14.3. The van der Waals surface area contributed by atoms with Crippen molar-refractivity contribution in [1.29, 1.82) is 0 Å². The summed E-state index contributed by atoms with van der Waals surface area (Å²) in [6, 6.07) is 84.6. The van der Waals surface area contributed by atoms with Crippen LogP contribution in [0.1, 0.15) is 0 Å². The van der Waals surface area contributed by atoms with E-state index in [2.05, 4.69) is 255 Å². The Morgan fingerprint density at radius 1 is 0.286 bits per heavy atom. The lowest BCUT2D eigenvalue weighted by molar-refractivity contribution is 1.16. The zero-order valence-corrected chi connectivity index (χ0v) is 38.1. The highest BCUT2D eigenvalue weighted by Crippen LogP contribution is 2.47. The molecule has 70 heavy (non-hydrogen) atoms. The molecule has 0 N–H and O–H groups in total. The van der Waals surface area contributed by atoms with E-state index < -0.39 is 0 Å². The highest BCUT2D eigenvalue weighted by molar-refractivity contribution is 7.00. The van der Waals surface area contributed by atoms with Crippen molar-refractivity contribution < 1.29 is 0 Å². The zero-order chi connectivity index (χ0) is 46.1. The second-order valence-corrected chi connectivity index (χ2v) is 18.2. The third-order valence-electron chi connectivity index (χ3n) is 14.3. The fourth-order valence-corrected chi connectivity index (χ4v) is 11.2. The van der Waals surface area contributed by atoms with Crippen molar-refractivity contribution in [3.63, 3.8) is 0 Å². The highest BCUT2D eigenvalue weighted by atomic mass is 15.2. The Morgan fingerprint density at radius 3 is 1.09 bits per heavy atom. The Hall–Kier alpha value is -9.26. The first kappa shape index (κ1) is 39.9. The van der Waals surface area contributed by atoms with E-state index in [0.717, 1.165) is 73.1 Å². The molecule has 0 fully saturated rings. The number of hydrogen-bond donors (Lipinski definition) is 0. The van der Waals surface area contributed by atoms with Crippen LogP contribution in [0.25, 0.3) is 72.0 Å². The van der Waals surface area contributed by atoms with E-state index in [-0.39, 0.29) is 6.71 Å². The molecule has 0 atom stereocenters. The van der Waals surface area contributed by atoms with E-state index in [1.165, 1.54) is 49.4 Å². The molecule has 326 valence electrons. The molecule has 2 aliphatic rings. The van der Waals surface area contributed by atoms with Crippen molar-refractivity contribution in [1.82, 2.24) is 14.5 Å². The van der Waals surface area contributed by atoms with E-state index in [9.17, 15) is 0 Å². The molecular formula is C64H42BN5. The van der Waals surface area contributed by atoms with Crippen LogP contribution in [0.3, 0.4) is 0 Å². The molecule has 0 unspecified atom stereocenters. The molecule has 5 heterocycles. The number of rotatable bonds is 7. The largest absolute Gasteiger partial charge is 0.311 e. The lowest BCUT2D eigenvalue weighted by Crippen LogP contribution is -2.61. The van der Waals surface area contributed by atoms with Crippen LogP contribution in [0.5, 0.6) is 0 Å². The Morgan fingerprint density at radius 2 is 0.657 bits per heavy atom. The maximum atomic E-state index is 4.38. The number of para-hydroxylation sites is 2. The normalized spacial score (nSPS) is 12.5. The fraction of sp³-hybridized carbons (Fsp3) is 0. The summed E-state index contributed by atoms with van der Waals surface area (Å²) in [4.78, 5) is 13.8.